The topological polar surface area (TPSA) is 78.8 Å². The molecule has 0 saturated carbocycles. The maximum Gasteiger partial charge on any atom is 0.185 e. The Morgan fingerprint density at radius 1 is 1.30 bits per heavy atom. The van der Waals surface area contributed by atoms with Crippen LogP contribution in [-0.2, 0) is 6.54 Å². The Bertz CT molecular complexity index is 585. The summed E-state index contributed by atoms with van der Waals surface area (Å²) in [5.41, 5.74) is 7.54. The number of methoxy groups -OCH3 is 1. The van der Waals surface area contributed by atoms with Gasteiger partial charge in [-0.25, -0.2) is 4.68 Å². The van der Waals surface area contributed by atoms with Crippen molar-refractivity contribution in [1.29, 1.82) is 0 Å². The van der Waals surface area contributed by atoms with E-state index in [9.17, 15) is 0 Å². The molecule has 0 fully saturated rings. The minimum Gasteiger partial charge on any atom is -0.494 e. The van der Waals surface area contributed by atoms with Crippen LogP contribution in [0, 0.1) is 5.41 Å². The van der Waals surface area contributed by atoms with E-state index in [1.807, 2.05) is 12.1 Å². The first-order valence-corrected chi connectivity index (χ1v) is 6.61. The molecule has 0 unspecified atom stereocenters. The first kappa shape index (κ1) is 14.3. The van der Waals surface area contributed by atoms with E-state index in [2.05, 4.69) is 36.3 Å². The largest absolute Gasteiger partial charge is 0.494 e. The Kier molecular flexibility index (Phi) is 3.92. The number of nitrogens with zero attached hydrogens (tertiary/aromatic N) is 4. The number of rotatable bonds is 4. The van der Waals surface area contributed by atoms with Gasteiger partial charge in [-0.05, 0) is 34.4 Å². The number of para-hydroxylation sites is 1. The highest BCUT2D eigenvalue weighted by molar-refractivity contribution is 5.73. The van der Waals surface area contributed by atoms with E-state index >= 15 is 0 Å². The zero-order chi connectivity index (χ0) is 14.8. The van der Waals surface area contributed by atoms with Crippen molar-refractivity contribution < 1.29 is 4.74 Å². The highest BCUT2D eigenvalue weighted by atomic mass is 16.5. The van der Waals surface area contributed by atoms with Gasteiger partial charge in [0.05, 0.1) is 18.4 Å². The van der Waals surface area contributed by atoms with Crippen LogP contribution in [0.15, 0.2) is 18.2 Å². The molecule has 6 nitrogen and oxygen atoms in total. The van der Waals surface area contributed by atoms with Gasteiger partial charge in [0.1, 0.15) is 0 Å². The molecule has 2 N–H and O–H groups in total. The van der Waals surface area contributed by atoms with Crippen LogP contribution < -0.4 is 10.5 Å². The summed E-state index contributed by atoms with van der Waals surface area (Å²) < 4.78 is 7.16. The third kappa shape index (κ3) is 3.07. The fourth-order valence-corrected chi connectivity index (χ4v) is 1.95. The van der Waals surface area contributed by atoms with Crippen molar-refractivity contribution in [2.24, 2.45) is 5.41 Å². The number of nitrogens with two attached hydrogens (primary N) is 1. The van der Waals surface area contributed by atoms with E-state index < -0.39 is 0 Å². The predicted octanol–water partition coefficient (Wildman–Crippen LogP) is 2.37. The number of tetrazole rings is 1. The molecule has 0 spiro atoms. The van der Waals surface area contributed by atoms with Crippen LogP contribution >= 0.6 is 0 Å². The molecule has 0 aliphatic rings. The number of benzene rings is 1. The van der Waals surface area contributed by atoms with Gasteiger partial charge < -0.3 is 10.5 Å². The summed E-state index contributed by atoms with van der Waals surface area (Å²) in [5, 5.41) is 11.9. The van der Waals surface area contributed by atoms with Crippen molar-refractivity contribution in [1.82, 2.24) is 20.2 Å². The van der Waals surface area contributed by atoms with E-state index in [1.165, 1.54) is 0 Å². The molecule has 6 heteroatoms. The molecule has 1 aromatic heterocycles. The van der Waals surface area contributed by atoms with Gasteiger partial charge in [0.15, 0.2) is 11.6 Å². The molecular weight excluding hydrogens is 254 g/mol. The predicted molar refractivity (Wildman–Crippen MR) is 78.3 cm³/mol. The number of ether oxygens (including phenoxy) is 1. The van der Waals surface area contributed by atoms with Crippen molar-refractivity contribution in [3.05, 3.63) is 18.2 Å². The Balaban J connectivity index is 2.35. The van der Waals surface area contributed by atoms with Gasteiger partial charge in [-0.2, -0.15) is 0 Å². The van der Waals surface area contributed by atoms with Crippen molar-refractivity contribution in [3.63, 3.8) is 0 Å². The normalized spacial score (nSPS) is 11.6. The number of nitrogen functional groups attached to an aromatic ring is 1. The molecule has 0 amide bonds. The highest BCUT2D eigenvalue weighted by Crippen LogP contribution is 2.33. The van der Waals surface area contributed by atoms with E-state index in [0.29, 0.717) is 17.3 Å². The van der Waals surface area contributed by atoms with Crippen LogP contribution in [0.25, 0.3) is 11.4 Å². The first-order chi connectivity index (χ1) is 9.42. The average molecular weight is 275 g/mol. The SMILES string of the molecule is COc1c(N)cccc1-c1nnnn1CCC(C)(C)C. The van der Waals surface area contributed by atoms with Crippen LogP contribution in [0.3, 0.4) is 0 Å². The smallest absolute Gasteiger partial charge is 0.185 e. The van der Waals surface area contributed by atoms with E-state index in [1.54, 1.807) is 17.9 Å². The highest BCUT2D eigenvalue weighted by Gasteiger charge is 2.17. The molecule has 108 valence electrons. The van der Waals surface area contributed by atoms with Crippen LogP contribution in [0.5, 0.6) is 5.75 Å². The van der Waals surface area contributed by atoms with E-state index in [-0.39, 0.29) is 5.41 Å². The van der Waals surface area contributed by atoms with E-state index in [4.69, 9.17) is 10.5 Å². The van der Waals surface area contributed by atoms with Gasteiger partial charge in [0.25, 0.3) is 0 Å². The van der Waals surface area contributed by atoms with Crippen molar-refractivity contribution in [3.8, 4) is 17.1 Å². The summed E-state index contributed by atoms with van der Waals surface area (Å²) in [5.74, 6) is 1.29. The molecule has 1 aromatic carbocycles. The summed E-state index contributed by atoms with van der Waals surface area (Å²) in [6.45, 7) is 7.33. The number of anilines is 1. The fourth-order valence-electron chi connectivity index (χ4n) is 1.95. The zero-order valence-corrected chi connectivity index (χ0v) is 12.4. The Morgan fingerprint density at radius 3 is 2.70 bits per heavy atom. The van der Waals surface area contributed by atoms with Crippen molar-refractivity contribution in [2.75, 3.05) is 12.8 Å². The van der Waals surface area contributed by atoms with E-state index in [0.717, 1.165) is 18.5 Å². The molecule has 0 radical (unpaired) electrons. The maximum absolute atomic E-state index is 5.93. The molecule has 1 heterocycles. The summed E-state index contributed by atoms with van der Waals surface area (Å²) in [7, 11) is 1.60. The molecule has 0 saturated heterocycles. The lowest BCUT2D eigenvalue weighted by atomic mass is 9.92. The van der Waals surface area contributed by atoms with Crippen molar-refractivity contribution in [2.45, 2.75) is 33.7 Å². The van der Waals surface area contributed by atoms with Gasteiger partial charge in [0, 0.05) is 6.54 Å². The van der Waals surface area contributed by atoms with Gasteiger partial charge in [0.2, 0.25) is 0 Å². The quantitative estimate of drug-likeness (QED) is 0.867. The van der Waals surface area contributed by atoms with Crippen LogP contribution in [0.2, 0.25) is 0 Å². The van der Waals surface area contributed by atoms with Gasteiger partial charge >= 0.3 is 0 Å². The van der Waals surface area contributed by atoms with Gasteiger partial charge in [-0.3, -0.25) is 0 Å². The summed E-state index contributed by atoms with van der Waals surface area (Å²) in [4.78, 5) is 0. The lowest BCUT2D eigenvalue weighted by molar-refractivity contribution is 0.339. The monoisotopic (exact) mass is 275 g/mol. The maximum atomic E-state index is 5.93. The number of hydrogen-bond acceptors (Lipinski definition) is 5. The number of aromatic nitrogens is 4. The second kappa shape index (κ2) is 5.48. The van der Waals surface area contributed by atoms with Crippen molar-refractivity contribution >= 4 is 5.69 Å². The second-order valence-electron chi connectivity index (χ2n) is 5.96. The zero-order valence-electron chi connectivity index (χ0n) is 12.4. The molecule has 2 aromatic rings. The molecule has 0 aliphatic carbocycles. The standard InChI is InChI=1S/C14H21N5O/c1-14(2,3)8-9-19-13(16-17-18-19)10-6-5-7-11(15)12(10)20-4/h5-7H,8-9,15H2,1-4H3. The van der Waals surface area contributed by atoms with Crippen LogP contribution in [0.4, 0.5) is 5.69 Å². The summed E-state index contributed by atoms with van der Waals surface area (Å²) in [6.07, 6.45) is 0.982. The Morgan fingerprint density at radius 2 is 2.05 bits per heavy atom. The van der Waals surface area contributed by atoms with Crippen LogP contribution in [0.1, 0.15) is 27.2 Å². The summed E-state index contributed by atoms with van der Waals surface area (Å²) in [6, 6.07) is 5.58. The molecule has 20 heavy (non-hydrogen) atoms. The molecule has 2 rings (SSSR count). The lowest BCUT2D eigenvalue weighted by Crippen LogP contribution is -2.12. The molecule has 0 atom stereocenters. The minimum absolute atomic E-state index is 0.225. The van der Waals surface area contributed by atoms with Gasteiger partial charge in [-0.1, -0.05) is 26.8 Å². The lowest BCUT2D eigenvalue weighted by Gasteiger charge is -2.18. The third-order valence-electron chi connectivity index (χ3n) is 3.10. The molecule has 0 aliphatic heterocycles. The average Bonchev–Trinajstić information content (AvgIpc) is 2.83. The fraction of sp³-hybridized carbons (Fsp3) is 0.500. The Labute approximate surface area is 118 Å². The Hall–Kier alpha value is -2.11. The van der Waals surface area contributed by atoms with Crippen LogP contribution in [-0.4, -0.2) is 27.3 Å². The second-order valence-corrected chi connectivity index (χ2v) is 5.96. The summed E-state index contributed by atoms with van der Waals surface area (Å²) >= 11 is 0. The number of aryl methyl sites for hydroxylation is 1. The third-order valence-corrected chi connectivity index (χ3v) is 3.10. The number of hydrogen-bond donors (Lipinski definition) is 1. The van der Waals surface area contributed by atoms with Gasteiger partial charge in [-0.15, -0.1) is 5.10 Å². The minimum atomic E-state index is 0.225. The molecule has 0 bridgehead atoms. The first-order valence-electron chi connectivity index (χ1n) is 6.61. The molecular formula is C14H21N5O.